The minimum absolute atomic E-state index is 0.0884. The summed E-state index contributed by atoms with van der Waals surface area (Å²) < 4.78 is 0. The molecule has 0 atom stereocenters. The SMILES string of the molecule is CC(C)(C)CCCNC(=O)c1ccccn1. The average molecular weight is 220 g/mol. The van der Waals surface area contributed by atoms with Gasteiger partial charge < -0.3 is 5.32 Å². The van der Waals surface area contributed by atoms with Crippen LogP contribution in [-0.4, -0.2) is 17.4 Å². The molecule has 1 heterocycles. The molecule has 1 N–H and O–H groups in total. The van der Waals surface area contributed by atoms with Crippen LogP contribution in [0, 0.1) is 5.41 Å². The first kappa shape index (κ1) is 12.7. The van der Waals surface area contributed by atoms with Crippen LogP contribution in [0.1, 0.15) is 44.1 Å². The molecule has 0 saturated carbocycles. The maximum atomic E-state index is 11.6. The molecule has 1 amide bonds. The summed E-state index contributed by atoms with van der Waals surface area (Å²) in [6.45, 7) is 7.32. The number of aromatic nitrogens is 1. The highest BCUT2D eigenvalue weighted by molar-refractivity contribution is 5.92. The highest BCUT2D eigenvalue weighted by Gasteiger charge is 2.10. The molecule has 0 aliphatic heterocycles. The van der Waals surface area contributed by atoms with Crippen molar-refractivity contribution < 1.29 is 4.79 Å². The molecule has 16 heavy (non-hydrogen) atoms. The van der Waals surface area contributed by atoms with Gasteiger partial charge in [0.2, 0.25) is 0 Å². The van der Waals surface area contributed by atoms with E-state index in [-0.39, 0.29) is 5.91 Å². The number of carbonyl (C=O) groups is 1. The summed E-state index contributed by atoms with van der Waals surface area (Å²) >= 11 is 0. The molecule has 0 aliphatic rings. The average Bonchev–Trinajstić information content (AvgIpc) is 2.24. The zero-order valence-corrected chi connectivity index (χ0v) is 10.3. The maximum Gasteiger partial charge on any atom is 0.269 e. The van der Waals surface area contributed by atoms with Gasteiger partial charge in [-0.2, -0.15) is 0 Å². The zero-order chi connectivity index (χ0) is 12.0. The van der Waals surface area contributed by atoms with Gasteiger partial charge in [0.05, 0.1) is 0 Å². The highest BCUT2D eigenvalue weighted by Crippen LogP contribution is 2.19. The number of amides is 1. The van der Waals surface area contributed by atoms with E-state index in [1.165, 1.54) is 0 Å². The molecular weight excluding hydrogens is 200 g/mol. The van der Waals surface area contributed by atoms with Gasteiger partial charge in [0.15, 0.2) is 0 Å². The lowest BCUT2D eigenvalue weighted by Gasteiger charge is -2.17. The number of pyridine rings is 1. The molecule has 0 aromatic carbocycles. The molecule has 1 aromatic rings. The summed E-state index contributed by atoms with van der Waals surface area (Å²) in [6, 6.07) is 5.34. The van der Waals surface area contributed by atoms with Crippen LogP contribution >= 0.6 is 0 Å². The van der Waals surface area contributed by atoms with E-state index < -0.39 is 0 Å². The number of hydrogen-bond donors (Lipinski definition) is 1. The fourth-order valence-corrected chi connectivity index (χ4v) is 1.41. The van der Waals surface area contributed by atoms with Crippen molar-refractivity contribution in [2.24, 2.45) is 5.41 Å². The van der Waals surface area contributed by atoms with E-state index in [1.54, 1.807) is 18.3 Å². The van der Waals surface area contributed by atoms with Gasteiger partial charge in [-0.05, 0) is 30.4 Å². The summed E-state index contributed by atoms with van der Waals surface area (Å²) in [7, 11) is 0. The summed E-state index contributed by atoms with van der Waals surface area (Å²) in [4.78, 5) is 15.6. The largest absolute Gasteiger partial charge is 0.351 e. The standard InChI is InChI=1S/C13H20N2O/c1-13(2,3)8-6-10-15-12(16)11-7-4-5-9-14-11/h4-5,7,9H,6,8,10H2,1-3H3,(H,15,16). The Labute approximate surface area is 97.3 Å². The van der Waals surface area contributed by atoms with Gasteiger partial charge in [-0.3, -0.25) is 9.78 Å². The first-order valence-corrected chi connectivity index (χ1v) is 5.68. The van der Waals surface area contributed by atoms with Crippen molar-refractivity contribution in [3.8, 4) is 0 Å². The van der Waals surface area contributed by atoms with Crippen LogP contribution in [0.25, 0.3) is 0 Å². The molecule has 0 saturated heterocycles. The number of nitrogens with one attached hydrogen (secondary N) is 1. The normalized spacial score (nSPS) is 11.2. The molecule has 3 nitrogen and oxygen atoms in total. The number of hydrogen-bond acceptors (Lipinski definition) is 2. The maximum absolute atomic E-state index is 11.6. The quantitative estimate of drug-likeness (QED) is 0.793. The second-order valence-corrected chi connectivity index (χ2v) is 5.14. The Morgan fingerprint density at radius 1 is 1.38 bits per heavy atom. The van der Waals surface area contributed by atoms with E-state index in [0.29, 0.717) is 17.7 Å². The van der Waals surface area contributed by atoms with Crippen LogP contribution in [0.2, 0.25) is 0 Å². The summed E-state index contributed by atoms with van der Waals surface area (Å²) in [6.07, 6.45) is 3.74. The third-order valence-electron chi connectivity index (χ3n) is 2.29. The molecule has 0 radical (unpaired) electrons. The Bertz CT molecular complexity index is 328. The topological polar surface area (TPSA) is 42.0 Å². The van der Waals surface area contributed by atoms with E-state index in [4.69, 9.17) is 0 Å². The monoisotopic (exact) mass is 220 g/mol. The minimum Gasteiger partial charge on any atom is -0.351 e. The number of rotatable bonds is 4. The van der Waals surface area contributed by atoms with Gasteiger partial charge in [-0.15, -0.1) is 0 Å². The Morgan fingerprint density at radius 3 is 2.69 bits per heavy atom. The van der Waals surface area contributed by atoms with Crippen LogP contribution in [0.5, 0.6) is 0 Å². The van der Waals surface area contributed by atoms with Crippen molar-refractivity contribution >= 4 is 5.91 Å². The lowest BCUT2D eigenvalue weighted by atomic mass is 9.91. The van der Waals surface area contributed by atoms with Crippen molar-refractivity contribution in [2.45, 2.75) is 33.6 Å². The lowest BCUT2D eigenvalue weighted by Crippen LogP contribution is -2.26. The van der Waals surface area contributed by atoms with Crippen LogP contribution < -0.4 is 5.32 Å². The molecule has 0 spiro atoms. The second kappa shape index (κ2) is 5.64. The van der Waals surface area contributed by atoms with E-state index >= 15 is 0 Å². The Hall–Kier alpha value is -1.38. The molecule has 0 aliphatic carbocycles. The lowest BCUT2D eigenvalue weighted by molar-refractivity contribution is 0.0946. The van der Waals surface area contributed by atoms with Gasteiger partial charge >= 0.3 is 0 Å². The molecule has 3 heteroatoms. The molecular formula is C13H20N2O. The van der Waals surface area contributed by atoms with Gasteiger partial charge in [0, 0.05) is 12.7 Å². The van der Waals surface area contributed by atoms with Crippen molar-refractivity contribution in [1.29, 1.82) is 0 Å². The second-order valence-electron chi connectivity index (χ2n) is 5.14. The highest BCUT2D eigenvalue weighted by atomic mass is 16.1. The van der Waals surface area contributed by atoms with Crippen LogP contribution in [0.4, 0.5) is 0 Å². The van der Waals surface area contributed by atoms with E-state index in [0.717, 1.165) is 12.8 Å². The van der Waals surface area contributed by atoms with Crippen LogP contribution in [0.3, 0.4) is 0 Å². The van der Waals surface area contributed by atoms with Gasteiger partial charge in [-0.1, -0.05) is 26.8 Å². The van der Waals surface area contributed by atoms with Crippen LogP contribution in [-0.2, 0) is 0 Å². The van der Waals surface area contributed by atoms with Crippen molar-refractivity contribution in [1.82, 2.24) is 10.3 Å². The minimum atomic E-state index is -0.0884. The summed E-state index contributed by atoms with van der Waals surface area (Å²) in [5, 5.41) is 2.87. The summed E-state index contributed by atoms with van der Waals surface area (Å²) in [5.74, 6) is -0.0884. The van der Waals surface area contributed by atoms with Crippen molar-refractivity contribution in [3.05, 3.63) is 30.1 Å². The molecule has 88 valence electrons. The summed E-state index contributed by atoms with van der Waals surface area (Å²) in [5.41, 5.74) is 0.814. The van der Waals surface area contributed by atoms with E-state index in [1.807, 2.05) is 6.07 Å². The van der Waals surface area contributed by atoms with E-state index in [9.17, 15) is 4.79 Å². The predicted molar refractivity (Wildman–Crippen MR) is 65.3 cm³/mol. The molecule has 1 aromatic heterocycles. The van der Waals surface area contributed by atoms with Gasteiger partial charge in [0.25, 0.3) is 5.91 Å². The Kier molecular flexibility index (Phi) is 4.47. The molecule has 1 rings (SSSR count). The van der Waals surface area contributed by atoms with Gasteiger partial charge in [0.1, 0.15) is 5.69 Å². The van der Waals surface area contributed by atoms with Crippen molar-refractivity contribution in [2.75, 3.05) is 6.54 Å². The first-order chi connectivity index (χ1) is 7.49. The fourth-order valence-electron chi connectivity index (χ4n) is 1.41. The third-order valence-corrected chi connectivity index (χ3v) is 2.29. The first-order valence-electron chi connectivity index (χ1n) is 5.68. The van der Waals surface area contributed by atoms with Crippen LogP contribution in [0.15, 0.2) is 24.4 Å². The number of carbonyl (C=O) groups excluding carboxylic acids is 1. The van der Waals surface area contributed by atoms with Crippen molar-refractivity contribution in [3.63, 3.8) is 0 Å². The molecule has 0 unspecified atom stereocenters. The fraction of sp³-hybridized carbons (Fsp3) is 0.538. The zero-order valence-electron chi connectivity index (χ0n) is 10.3. The Balaban J connectivity index is 2.27. The van der Waals surface area contributed by atoms with Gasteiger partial charge in [-0.25, -0.2) is 0 Å². The number of nitrogens with zero attached hydrogens (tertiary/aromatic N) is 1. The Morgan fingerprint density at radius 2 is 2.12 bits per heavy atom. The third kappa shape index (κ3) is 4.91. The molecule has 0 fully saturated rings. The predicted octanol–water partition coefficient (Wildman–Crippen LogP) is 2.64. The molecule has 0 bridgehead atoms. The smallest absolute Gasteiger partial charge is 0.269 e. The van der Waals surface area contributed by atoms with E-state index in [2.05, 4.69) is 31.1 Å².